The lowest BCUT2D eigenvalue weighted by atomic mass is 9.84. The highest BCUT2D eigenvalue weighted by molar-refractivity contribution is 6.51. The van der Waals surface area contributed by atoms with Crippen LogP contribution in [-0.2, 0) is 31.0 Å². The van der Waals surface area contributed by atoms with Gasteiger partial charge in [0, 0.05) is 16.8 Å². The van der Waals surface area contributed by atoms with E-state index in [9.17, 15) is 24.6 Å². The summed E-state index contributed by atoms with van der Waals surface area (Å²) in [7, 11) is 1.31. The molecule has 4 rings (SSSR count). The van der Waals surface area contributed by atoms with Crippen molar-refractivity contribution in [1.29, 1.82) is 0 Å². The van der Waals surface area contributed by atoms with Gasteiger partial charge in [0.2, 0.25) is 0 Å². The maximum atomic E-state index is 13.5. The minimum atomic E-state index is -0.961. The lowest BCUT2D eigenvalue weighted by molar-refractivity contribution is -0.139. The number of Topliss-reactive ketones (excluding diaryl/α,β-unsaturated/α-hetero) is 1. The van der Waals surface area contributed by atoms with E-state index < -0.39 is 23.7 Å². The molecule has 1 atom stereocenters. The number of amides is 1. The molecule has 0 bridgehead atoms. The fourth-order valence-corrected chi connectivity index (χ4v) is 4.78. The van der Waals surface area contributed by atoms with Crippen LogP contribution in [0.2, 0.25) is 0 Å². The van der Waals surface area contributed by atoms with E-state index in [4.69, 9.17) is 9.47 Å². The Bertz CT molecular complexity index is 1460. The number of nitrogens with zero attached hydrogens (tertiary/aromatic N) is 1. The summed E-state index contributed by atoms with van der Waals surface area (Å²) in [5.41, 5.74) is 2.44. The molecule has 3 aromatic carbocycles. The van der Waals surface area contributed by atoms with Gasteiger partial charge in [-0.3, -0.25) is 19.3 Å². The van der Waals surface area contributed by atoms with Gasteiger partial charge in [-0.25, -0.2) is 0 Å². The number of carbonyl (C=O) groups excluding carboxylic acids is 3. The average molecular weight is 544 g/mol. The Morgan fingerprint density at radius 3 is 2.20 bits per heavy atom. The van der Waals surface area contributed by atoms with E-state index in [2.05, 4.69) is 0 Å². The summed E-state index contributed by atoms with van der Waals surface area (Å²) in [6, 6.07) is 17.0. The highest BCUT2D eigenvalue weighted by Gasteiger charge is 2.47. The molecule has 0 spiro atoms. The van der Waals surface area contributed by atoms with Crippen LogP contribution in [0.15, 0.2) is 72.3 Å². The molecule has 1 unspecified atom stereocenters. The van der Waals surface area contributed by atoms with Crippen LogP contribution in [0.5, 0.6) is 11.5 Å². The first-order chi connectivity index (χ1) is 19.0. The molecule has 1 aliphatic rings. The predicted octanol–water partition coefficient (Wildman–Crippen LogP) is 5.43. The SMILES string of the molecule is CCOc1ccc(/C(O)=C2/C(=O)C(=O)N(c3ccc(CC(=O)OC)cc3)C2c2ccc(O)cc2)cc1C(C)(C)C. The zero-order valence-electron chi connectivity index (χ0n) is 23.2. The number of methoxy groups -OCH3 is 1. The average Bonchev–Trinajstić information content (AvgIpc) is 3.19. The Morgan fingerprint density at radius 1 is 0.975 bits per heavy atom. The highest BCUT2D eigenvalue weighted by atomic mass is 16.5. The smallest absolute Gasteiger partial charge is 0.309 e. The lowest BCUT2D eigenvalue weighted by Crippen LogP contribution is -2.29. The van der Waals surface area contributed by atoms with Gasteiger partial charge in [0.05, 0.1) is 31.8 Å². The second-order valence-corrected chi connectivity index (χ2v) is 10.6. The van der Waals surface area contributed by atoms with Crippen molar-refractivity contribution in [1.82, 2.24) is 0 Å². The number of benzene rings is 3. The summed E-state index contributed by atoms with van der Waals surface area (Å²) >= 11 is 0. The Hall–Kier alpha value is -4.59. The topological polar surface area (TPSA) is 113 Å². The third-order valence-electron chi connectivity index (χ3n) is 6.80. The van der Waals surface area contributed by atoms with Crippen molar-refractivity contribution in [3.8, 4) is 11.5 Å². The second kappa shape index (κ2) is 11.3. The number of ketones is 1. The molecule has 40 heavy (non-hydrogen) atoms. The molecule has 3 aromatic rings. The normalized spacial score (nSPS) is 16.7. The van der Waals surface area contributed by atoms with E-state index in [1.54, 1.807) is 54.6 Å². The van der Waals surface area contributed by atoms with Gasteiger partial charge in [-0.05, 0) is 65.9 Å². The molecule has 0 aromatic heterocycles. The fraction of sp³-hybridized carbons (Fsp3) is 0.281. The number of phenols is 1. The fourth-order valence-electron chi connectivity index (χ4n) is 4.78. The molecule has 2 N–H and O–H groups in total. The van der Waals surface area contributed by atoms with Crippen LogP contribution in [0.3, 0.4) is 0 Å². The Morgan fingerprint density at radius 2 is 1.62 bits per heavy atom. The first-order valence-corrected chi connectivity index (χ1v) is 13.0. The number of aromatic hydroxyl groups is 1. The van der Waals surface area contributed by atoms with E-state index in [1.807, 2.05) is 27.7 Å². The summed E-state index contributed by atoms with van der Waals surface area (Å²) in [6.45, 7) is 8.43. The molecular formula is C32H33NO7. The van der Waals surface area contributed by atoms with Crippen LogP contribution >= 0.6 is 0 Å². The molecule has 1 amide bonds. The molecule has 1 fully saturated rings. The maximum Gasteiger partial charge on any atom is 0.309 e. The molecule has 0 radical (unpaired) electrons. The Balaban J connectivity index is 1.87. The molecule has 0 saturated carbocycles. The number of rotatable bonds is 7. The summed E-state index contributed by atoms with van der Waals surface area (Å²) < 4.78 is 10.5. The van der Waals surface area contributed by atoms with Gasteiger partial charge in [-0.2, -0.15) is 0 Å². The van der Waals surface area contributed by atoms with Crippen molar-refractivity contribution in [2.75, 3.05) is 18.6 Å². The zero-order valence-corrected chi connectivity index (χ0v) is 23.2. The van der Waals surface area contributed by atoms with Crippen molar-refractivity contribution in [2.24, 2.45) is 0 Å². The third kappa shape index (κ3) is 5.57. The van der Waals surface area contributed by atoms with E-state index in [0.29, 0.717) is 34.7 Å². The number of anilines is 1. The summed E-state index contributed by atoms with van der Waals surface area (Å²) in [4.78, 5) is 40.0. The number of esters is 1. The molecule has 0 aliphatic carbocycles. The molecule has 208 valence electrons. The van der Waals surface area contributed by atoms with Crippen molar-refractivity contribution in [3.05, 3.63) is 94.6 Å². The maximum absolute atomic E-state index is 13.5. The van der Waals surface area contributed by atoms with E-state index in [1.165, 1.54) is 24.1 Å². The predicted molar refractivity (Wildman–Crippen MR) is 151 cm³/mol. The molecular weight excluding hydrogens is 510 g/mol. The van der Waals surface area contributed by atoms with Gasteiger partial charge in [-0.1, -0.05) is 45.0 Å². The van der Waals surface area contributed by atoms with Gasteiger partial charge in [-0.15, -0.1) is 0 Å². The highest BCUT2D eigenvalue weighted by Crippen LogP contribution is 2.43. The molecule has 1 saturated heterocycles. The van der Waals surface area contributed by atoms with Crippen molar-refractivity contribution in [2.45, 2.75) is 45.6 Å². The Labute approximate surface area is 233 Å². The van der Waals surface area contributed by atoms with Crippen LogP contribution in [0.25, 0.3) is 5.76 Å². The number of ether oxygens (including phenoxy) is 2. The molecule has 8 nitrogen and oxygen atoms in total. The van der Waals surface area contributed by atoms with Crippen molar-refractivity contribution in [3.63, 3.8) is 0 Å². The van der Waals surface area contributed by atoms with E-state index in [0.717, 1.165) is 5.56 Å². The van der Waals surface area contributed by atoms with Crippen molar-refractivity contribution >= 4 is 29.1 Å². The number of aliphatic hydroxyl groups is 1. The van der Waals surface area contributed by atoms with Gasteiger partial charge in [0.1, 0.15) is 17.3 Å². The largest absolute Gasteiger partial charge is 0.508 e. The Kier molecular flexibility index (Phi) is 8.00. The number of hydrogen-bond acceptors (Lipinski definition) is 7. The van der Waals surface area contributed by atoms with Crippen LogP contribution in [0, 0.1) is 0 Å². The summed E-state index contributed by atoms with van der Waals surface area (Å²) in [5, 5.41) is 21.5. The first kappa shape index (κ1) is 28.4. The lowest BCUT2D eigenvalue weighted by Gasteiger charge is -2.26. The van der Waals surface area contributed by atoms with Gasteiger partial charge in [0.15, 0.2) is 0 Å². The van der Waals surface area contributed by atoms with Crippen LogP contribution in [0.1, 0.15) is 56.0 Å². The van der Waals surface area contributed by atoms with Gasteiger partial charge >= 0.3 is 5.97 Å². The van der Waals surface area contributed by atoms with E-state index in [-0.39, 0.29) is 28.9 Å². The monoisotopic (exact) mass is 543 g/mol. The molecule has 1 aliphatic heterocycles. The zero-order chi connectivity index (χ0) is 29.2. The van der Waals surface area contributed by atoms with Gasteiger partial charge in [0.25, 0.3) is 11.7 Å². The number of phenolic OH excluding ortho intramolecular Hbond substituents is 1. The number of carbonyl (C=O) groups is 3. The number of aliphatic hydroxyl groups excluding tert-OH is 1. The standard InChI is InChI=1S/C32H33NO7/c1-6-40-25-16-11-21(18-24(25)32(2,3)4)29(36)27-28(20-9-14-23(34)15-10-20)33(31(38)30(27)37)22-12-7-19(8-13-22)17-26(35)39-5/h7-16,18,28,34,36H,6,17H2,1-5H3/b29-27-. The molecule has 1 heterocycles. The quantitative estimate of drug-likeness (QED) is 0.177. The third-order valence-corrected chi connectivity index (χ3v) is 6.80. The van der Waals surface area contributed by atoms with Crippen molar-refractivity contribution < 1.29 is 34.1 Å². The summed E-state index contributed by atoms with van der Waals surface area (Å²) in [6.07, 6.45) is 0.0604. The van der Waals surface area contributed by atoms with Crippen LogP contribution < -0.4 is 9.64 Å². The first-order valence-electron chi connectivity index (χ1n) is 13.0. The summed E-state index contributed by atoms with van der Waals surface area (Å²) in [5.74, 6) is -1.65. The van der Waals surface area contributed by atoms with Gasteiger partial charge < -0.3 is 19.7 Å². The van der Waals surface area contributed by atoms with Crippen LogP contribution in [-0.4, -0.2) is 41.6 Å². The molecule has 8 heteroatoms. The second-order valence-electron chi connectivity index (χ2n) is 10.6. The van der Waals surface area contributed by atoms with Crippen LogP contribution in [0.4, 0.5) is 5.69 Å². The number of hydrogen-bond donors (Lipinski definition) is 2. The van der Waals surface area contributed by atoms with E-state index >= 15 is 0 Å². The minimum absolute atomic E-state index is 0.0224. The minimum Gasteiger partial charge on any atom is -0.508 e.